The van der Waals surface area contributed by atoms with Crippen LogP contribution in [0.4, 0.5) is 22.2 Å². The molecule has 0 saturated heterocycles. The number of hydrogen-bond donors (Lipinski definition) is 3. The van der Waals surface area contributed by atoms with Crippen molar-refractivity contribution in [3.8, 4) is 0 Å². The van der Waals surface area contributed by atoms with E-state index in [0.29, 0.717) is 26.8 Å². The third kappa shape index (κ3) is 6.38. The molecule has 0 aliphatic heterocycles. The summed E-state index contributed by atoms with van der Waals surface area (Å²) in [5.41, 5.74) is 0.671. The molecule has 164 valence electrons. The second-order valence-electron chi connectivity index (χ2n) is 6.43. The SMILES string of the molecule is CCOC(=O)N=S(=O)(CC)c1ccc(Nc2ncc(Br)c(N[C@H](C)[C@H](C)O)n2)cc1. The molecule has 3 N–H and O–H groups in total. The van der Waals surface area contributed by atoms with E-state index in [0.717, 1.165) is 0 Å². The van der Waals surface area contributed by atoms with Crippen LogP contribution >= 0.6 is 15.9 Å². The summed E-state index contributed by atoms with van der Waals surface area (Å²) >= 11 is 3.39. The molecule has 1 aromatic carbocycles. The van der Waals surface area contributed by atoms with Crippen molar-refractivity contribution in [1.82, 2.24) is 9.97 Å². The van der Waals surface area contributed by atoms with Gasteiger partial charge in [-0.2, -0.15) is 4.98 Å². The molecule has 0 spiro atoms. The van der Waals surface area contributed by atoms with Crippen LogP contribution in [0.1, 0.15) is 27.7 Å². The summed E-state index contributed by atoms with van der Waals surface area (Å²) in [6.45, 7) is 7.08. The van der Waals surface area contributed by atoms with E-state index in [1.165, 1.54) is 0 Å². The number of amides is 1. The predicted octanol–water partition coefficient (Wildman–Crippen LogP) is 4.17. The van der Waals surface area contributed by atoms with Crippen LogP contribution in [-0.4, -0.2) is 49.9 Å². The van der Waals surface area contributed by atoms with E-state index in [1.807, 2.05) is 6.92 Å². The molecule has 0 aliphatic rings. The summed E-state index contributed by atoms with van der Waals surface area (Å²) in [6, 6.07) is 6.51. The molecule has 9 nitrogen and oxygen atoms in total. The lowest BCUT2D eigenvalue weighted by Crippen LogP contribution is -2.28. The van der Waals surface area contributed by atoms with E-state index in [9.17, 15) is 14.1 Å². The second kappa shape index (κ2) is 10.7. The van der Waals surface area contributed by atoms with Crippen LogP contribution in [0.5, 0.6) is 0 Å². The summed E-state index contributed by atoms with van der Waals surface area (Å²) in [4.78, 5) is 20.7. The molecule has 0 fully saturated rings. The lowest BCUT2D eigenvalue weighted by molar-refractivity contribution is 0.164. The molecular formula is C19H26BrN5O4S. The molecule has 3 atom stereocenters. The van der Waals surface area contributed by atoms with Crippen molar-refractivity contribution in [3.05, 3.63) is 34.9 Å². The van der Waals surface area contributed by atoms with Crippen LogP contribution in [0.15, 0.2) is 44.2 Å². The van der Waals surface area contributed by atoms with Gasteiger partial charge in [-0.3, -0.25) is 0 Å². The Balaban J connectivity index is 2.22. The topological polar surface area (TPSA) is 126 Å². The summed E-state index contributed by atoms with van der Waals surface area (Å²) in [5.74, 6) is 1.07. The first-order chi connectivity index (χ1) is 14.2. The van der Waals surface area contributed by atoms with Gasteiger partial charge >= 0.3 is 6.09 Å². The van der Waals surface area contributed by atoms with Gasteiger partial charge in [-0.15, -0.1) is 4.36 Å². The Hall–Kier alpha value is -2.24. The van der Waals surface area contributed by atoms with Gasteiger partial charge in [0.25, 0.3) is 0 Å². The number of rotatable bonds is 8. The number of benzene rings is 1. The van der Waals surface area contributed by atoms with Crippen LogP contribution in [0, 0.1) is 0 Å². The van der Waals surface area contributed by atoms with Gasteiger partial charge in [-0.1, -0.05) is 6.92 Å². The molecule has 30 heavy (non-hydrogen) atoms. The molecule has 1 amide bonds. The average Bonchev–Trinajstić information content (AvgIpc) is 2.71. The fourth-order valence-corrected chi connectivity index (χ4v) is 4.03. The van der Waals surface area contributed by atoms with Gasteiger partial charge in [0, 0.05) is 22.5 Å². The predicted molar refractivity (Wildman–Crippen MR) is 121 cm³/mol. The number of aliphatic hydroxyl groups excluding tert-OH is 1. The lowest BCUT2D eigenvalue weighted by Gasteiger charge is -2.18. The smallest absolute Gasteiger partial charge is 0.442 e. The third-order valence-corrected chi connectivity index (χ3v) is 7.01. The summed E-state index contributed by atoms with van der Waals surface area (Å²) < 4.78 is 22.2. The molecular weight excluding hydrogens is 474 g/mol. The highest BCUT2D eigenvalue weighted by molar-refractivity contribution is 9.10. The summed E-state index contributed by atoms with van der Waals surface area (Å²) in [7, 11) is -2.90. The largest absolute Gasteiger partial charge is 0.448 e. The molecule has 0 saturated carbocycles. The van der Waals surface area contributed by atoms with Gasteiger partial charge in [-0.05, 0) is 61.0 Å². The molecule has 1 unspecified atom stereocenters. The molecule has 11 heteroatoms. The van der Waals surface area contributed by atoms with E-state index in [-0.39, 0.29) is 18.4 Å². The van der Waals surface area contributed by atoms with Crippen molar-refractivity contribution in [1.29, 1.82) is 0 Å². The van der Waals surface area contributed by atoms with Crippen LogP contribution in [-0.2, 0) is 14.5 Å². The Morgan fingerprint density at radius 3 is 2.53 bits per heavy atom. The van der Waals surface area contributed by atoms with Gasteiger partial charge in [0.2, 0.25) is 5.95 Å². The van der Waals surface area contributed by atoms with Crippen molar-refractivity contribution < 1.29 is 18.8 Å². The van der Waals surface area contributed by atoms with Gasteiger partial charge in [0.1, 0.15) is 5.82 Å². The van der Waals surface area contributed by atoms with Crippen molar-refractivity contribution in [2.24, 2.45) is 4.36 Å². The first kappa shape index (κ1) is 24.0. The maximum atomic E-state index is 13.0. The van der Waals surface area contributed by atoms with Gasteiger partial charge < -0.3 is 20.5 Å². The molecule has 1 aromatic heterocycles. The quantitative estimate of drug-likeness (QED) is 0.493. The molecule has 2 aromatic rings. The van der Waals surface area contributed by atoms with E-state index >= 15 is 0 Å². The molecule has 0 radical (unpaired) electrons. The zero-order valence-corrected chi connectivity index (χ0v) is 19.7. The Kier molecular flexibility index (Phi) is 8.56. The third-order valence-electron chi connectivity index (χ3n) is 4.19. The fraction of sp³-hybridized carbons (Fsp3) is 0.421. The zero-order chi connectivity index (χ0) is 22.3. The molecule has 2 rings (SSSR count). The monoisotopic (exact) mass is 499 g/mol. The number of ether oxygens (including phenoxy) is 1. The van der Waals surface area contributed by atoms with Gasteiger partial charge in [0.05, 0.1) is 33.0 Å². The highest BCUT2D eigenvalue weighted by Gasteiger charge is 2.15. The minimum Gasteiger partial charge on any atom is -0.448 e. The lowest BCUT2D eigenvalue weighted by atomic mass is 10.2. The van der Waals surface area contributed by atoms with E-state index in [1.54, 1.807) is 51.2 Å². The Bertz CT molecular complexity index is 991. The number of halogens is 1. The molecule has 0 aliphatic carbocycles. The highest BCUT2D eigenvalue weighted by atomic mass is 79.9. The van der Waals surface area contributed by atoms with Crippen LogP contribution in [0.2, 0.25) is 0 Å². The van der Waals surface area contributed by atoms with Gasteiger partial charge in [-0.25, -0.2) is 14.0 Å². The number of aliphatic hydroxyl groups is 1. The minimum atomic E-state index is -2.90. The van der Waals surface area contributed by atoms with Crippen molar-refractivity contribution in [3.63, 3.8) is 0 Å². The number of aromatic nitrogens is 2. The van der Waals surface area contributed by atoms with Crippen molar-refractivity contribution in [2.75, 3.05) is 23.0 Å². The first-order valence-corrected chi connectivity index (χ1v) is 11.9. The highest BCUT2D eigenvalue weighted by Crippen LogP contribution is 2.24. The maximum absolute atomic E-state index is 13.0. The van der Waals surface area contributed by atoms with E-state index in [4.69, 9.17) is 4.74 Å². The van der Waals surface area contributed by atoms with Gasteiger partial charge in [0.15, 0.2) is 0 Å². The fourth-order valence-electron chi connectivity index (χ4n) is 2.30. The number of carbonyl (C=O) groups is 1. The molecule has 1 heterocycles. The average molecular weight is 500 g/mol. The maximum Gasteiger partial charge on any atom is 0.442 e. The summed E-state index contributed by atoms with van der Waals surface area (Å²) in [5, 5.41) is 15.9. The number of carbonyl (C=O) groups excluding carboxylic acids is 1. The zero-order valence-electron chi connectivity index (χ0n) is 17.3. The Labute approximate surface area is 185 Å². The standard InChI is InChI=1S/C19H26BrN5O4S/c1-5-29-19(27)25-30(28,6-2)15-9-7-14(8-10-15)23-18-21-11-16(20)17(24-18)22-12(3)13(4)26/h7-13,26H,5-6H2,1-4H3,(H2,21,22,23,24)/t12-,13+,30?/m1/s1. The minimum absolute atomic E-state index is 0.171. The normalized spacial score (nSPS) is 14.9. The Morgan fingerprint density at radius 1 is 1.30 bits per heavy atom. The Morgan fingerprint density at radius 2 is 1.97 bits per heavy atom. The van der Waals surface area contributed by atoms with Crippen LogP contribution in [0.3, 0.4) is 0 Å². The first-order valence-electron chi connectivity index (χ1n) is 9.44. The number of hydrogen-bond acceptors (Lipinski definition) is 8. The van der Waals surface area contributed by atoms with Crippen molar-refractivity contribution >= 4 is 49.2 Å². The molecule has 0 bridgehead atoms. The summed E-state index contributed by atoms with van der Waals surface area (Å²) in [6.07, 6.45) is 0.216. The van der Waals surface area contributed by atoms with Crippen LogP contribution in [0.25, 0.3) is 0 Å². The number of anilines is 3. The van der Waals surface area contributed by atoms with Crippen molar-refractivity contribution in [2.45, 2.75) is 44.7 Å². The van der Waals surface area contributed by atoms with E-state index < -0.39 is 21.9 Å². The second-order valence-corrected chi connectivity index (χ2v) is 9.80. The van der Waals surface area contributed by atoms with E-state index in [2.05, 4.69) is 40.9 Å². The number of nitrogens with one attached hydrogen (secondary N) is 2. The van der Waals surface area contributed by atoms with Crippen LogP contribution < -0.4 is 10.6 Å². The number of nitrogens with zero attached hydrogens (tertiary/aromatic N) is 3.